The van der Waals surface area contributed by atoms with E-state index in [0.717, 1.165) is 29.8 Å². The van der Waals surface area contributed by atoms with Crippen molar-refractivity contribution in [2.45, 2.75) is 38.5 Å². The molecule has 4 rings (SSSR count). The minimum Gasteiger partial charge on any atom is -0.383 e. The van der Waals surface area contributed by atoms with Crippen LogP contribution >= 0.6 is 0 Å². The molecule has 2 N–H and O–H groups in total. The Labute approximate surface area is 119 Å². The van der Waals surface area contributed by atoms with E-state index < -0.39 is 0 Å². The van der Waals surface area contributed by atoms with Crippen LogP contribution in [0.4, 0.5) is 5.82 Å². The lowest BCUT2D eigenvalue weighted by molar-refractivity contribution is 0.661. The van der Waals surface area contributed by atoms with Crippen LogP contribution in [-0.4, -0.2) is 9.78 Å². The number of nitrogen functional groups attached to an aromatic ring is 1. The minimum absolute atomic E-state index is 0.686. The van der Waals surface area contributed by atoms with E-state index in [4.69, 9.17) is 10.8 Å². The molecule has 2 unspecified atom stereocenters. The lowest BCUT2D eigenvalue weighted by atomic mass is 10.0. The summed E-state index contributed by atoms with van der Waals surface area (Å²) in [5, 5.41) is 4.89. The molecule has 2 saturated carbocycles. The largest absolute Gasteiger partial charge is 0.383 e. The maximum absolute atomic E-state index is 6.36. The van der Waals surface area contributed by atoms with Crippen molar-refractivity contribution >= 4 is 5.82 Å². The van der Waals surface area contributed by atoms with Gasteiger partial charge in [0.2, 0.25) is 0 Å². The van der Waals surface area contributed by atoms with E-state index in [1.807, 2.05) is 22.9 Å². The van der Waals surface area contributed by atoms with Gasteiger partial charge in [0.15, 0.2) is 0 Å². The second-order valence-electron chi connectivity index (χ2n) is 6.13. The number of para-hydroxylation sites is 1. The maximum Gasteiger partial charge on any atom is 0.130 e. The molecule has 104 valence electrons. The summed E-state index contributed by atoms with van der Waals surface area (Å²) in [7, 11) is 0. The first-order valence-electron chi connectivity index (χ1n) is 7.74. The smallest absolute Gasteiger partial charge is 0.130 e. The van der Waals surface area contributed by atoms with Crippen LogP contribution in [0.15, 0.2) is 30.3 Å². The van der Waals surface area contributed by atoms with E-state index in [0.29, 0.717) is 5.92 Å². The van der Waals surface area contributed by atoms with Gasteiger partial charge in [0, 0.05) is 11.5 Å². The highest BCUT2D eigenvalue weighted by atomic mass is 15.3. The van der Waals surface area contributed by atoms with E-state index in [2.05, 4.69) is 19.1 Å². The van der Waals surface area contributed by atoms with E-state index in [1.165, 1.54) is 30.5 Å². The lowest BCUT2D eigenvalue weighted by Gasteiger charge is -2.03. The molecule has 0 amide bonds. The first kappa shape index (κ1) is 12.0. The molecule has 3 heteroatoms. The maximum atomic E-state index is 6.36. The molecule has 0 spiro atoms. The number of hydrogen-bond acceptors (Lipinski definition) is 2. The normalized spacial score (nSPS) is 27.6. The average molecular weight is 267 g/mol. The molecule has 2 atom stereocenters. The summed E-state index contributed by atoms with van der Waals surface area (Å²) in [5.41, 5.74) is 9.98. The second-order valence-corrected chi connectivity index (χ2v) is 6.13. The standard InChI is InChI=1S/C17H21N3/c1-2-12-16(15-13-9-6-10-14(13)15)19-20(17(12)18)11-7-4-3-5-8-11/h3-5,7-8,13-15H,2,6,9-10,18H2,1H3. The van der Waals surface area contributed by atoms with E-state index in [-0.39, 0.29) is 0 Å². The van der Waals surface area contributed by atoms with E-state index in [9.17, 15) is 0 Å². The van der Waals surface area contributed by atoms with Gasteiger partial charge in [-0.05, 0) is 43.2 Å². The molecule has 0 radical (unpaired) electrons. The van der Waals surface area contributed by atoms with Crippen molar-refractivity contribution in [3.63, 3.8) is 0 Å². The first-order valence-corrected chi connectivity index (χ1v) is 7.74. The van der Waals surface area contributed by atoms with Gasteiger partial charge in [0.25, 0.3) is 0 Å². The average Bonchev–Trinajstić information content (AvgIpc) is 2.85. The topological polar surface area (TPSA) is 43.8 Å². The van der Waals surface area contributed by atoms with Crippen molar-refractivity contribution in [1.82, 2.24) is 9.78 Å². The zero-order chi connectivity index (χ0) is 13.7. The van der Waals surface area contributed by atoms with Crippen molar-refractivity contribution in [3.8, 4) is 5.69 Å². The molecule has 2 fully saturated rings. The Morgan fingerprint density at radius 1 is 1.20 bits per heavy atom. The van der Waals surface area contributed by atoms with Gasteiger partial charge in [-0.15, -0.1) is 0 Å². The van der Waals surface area contributed by atoms with Crippen LogP contribution in [0.2, 0.25) is 0 Å². The van der Waals surface area contributed by atoms with Gasteiger partial charge in [-0.2, -0.15) is 5.10 Å². The van der Waals surface area contributed by atoms with Crippen LogP contribution in [-0.2, 0) is 6.42 Å². The third-order valence-electron chi connectivity index (χ3n) is 5.13. The Morgan fingerprint density at radius 3 is 2.55 bits per heavy atom. The second kappa shape index (κ2) is 4.37. The van der Waals surface area contributed by atoms with Crippen LogP contribution in [0.1, 0.15) is 43.4 Å². The molecule has 1 aromatic carbocycles. The monoisotopic (exact) mass is 267 g/mol. The number of hydrogen-bond donors (Lipinski definition) is 1. The van der Waals surface area contributed by atoms with Crippen molar-refractivity contribution < 1.29 is 0 Å². The Balaban J connectivity index is 1.77. The quantitative estimate of drug-likeness (QED) is 0.924. The molecule has 0 bridgehead atoms. The number of fused-ring (bicyclic) bond motifs is 1. The molecule has 0 saturated heterocycles. The zero-order valence-corrected chi connectivity index (χ0v) is 11.9. The SMILES string of the molecule is CCc1c(C2C3CCCC32)nn(-c2ccccc2)c1N. The third kappa shape index (κ3) is 1.62. The molecule has 2 aliphatic rings. The van der Waals surface area contributed by atoms with E-state index in [1.54, 1.807) is 0 Å². The number of rotatable bonds is 3. The number of benzene rings is 1. The predicted octanol–water partition coefficient (Wildman–Crippen LogP) is 3.53. The Bertz CT molecular complexity index is 619. The van der Waals surface area contributed by atoms with Crippen LogP contribution in [0.3, 0.4) is 0 Å². The highest BCUT2D eigenvalue weighted by molar-refractivity contribution is 5.52. The highest BCUT2D eigenvalue weighted by Crippen LogP contribution is 2.63. The van der Waals surface area contributed by atoms with Gasteiger partial charge < -0.3 is 5.73 Å². The molecule has 20 heavy (non-hydrogen) atoms. The third-order valence-corrected chi connectivity index (χ3v) is 5.13. The van der Waals surface area contributed by atoms with Crippen LogP contribution in [0.25, 0.3) is 5.69 Å². The van der Waals surface area contributed by atoms with Gasteiger partial charge in [0.1, 0.15) is 5.82 Å². The van der Waals surface area contributed by atoms with Crippen LogP contribution < -0.4 is 5.73 Å². The molecular formula is C17H21N3. The summed E-state index contributed by atoms with van der Waals surface area (Å²) in [6.45, 7) is 2.18. The molecular weight excluding hydrogens is 246 g/mol. The van der Waals surface area contributed by atoms with Crippen molar-refractivity contribution in [3.05, 3.63) is 41.6 Å². The first-order chi connectivity index (χ1) is 9.81. The fraction of sp³-hybridized carbons (Fsp3) is 0.471. The summed E-state index contributed by atoms with van der Waals surface area (Å²) in [4.78, 5) is 0. The summed E-state index contributed by atoms with van der Waals surface area (Å²) in [6.07, 6.45) is 5.15. The molecule has 1 heterocycles. The summed E-state index contributed by atoms with van der Waals surface area (Å²) >= 11 is 0. The Morgan fingerprint density at radius 2 is 1.90 bits per heavy atom. The van der Waals surface area contributed by atoms with Gasteiger partial charge in [0.05, 0.1) is 11.4 Å². The van der Waals surface area contributed by atoms with Crippen molar-refractivity contribution in [1.29, 1.82) is 0 Å². The number of nitrogens with two attached hydrogens (primary N) is 1. The van der Waals surface area contributed by atoms with Crippen molar-refractivity contribution in [2.24, 2.45) is 11.8 Å². The number of nitrogens with zero attached hydrogens (tertiary/aromatic N) is 2. The molecule has 3 nitrogen and oxygen atoms in total. The van der Waals surface area contributed by atoms with Crippen LogP contribution in [0, 0.1) is 11.8 Å². The molecule has 2 aromatic rings. The molecule has 2 aliphatic carbocycles. The van der Waals surface area contributed by atoms with Gasteiger partial charge in [-0.25, -0.2) is 4.68 Å². The number of aromatic nitrogens is 2. The van der Waals surface area contributed by atoms with Gasteiger partial charge in [-0.3, -0.25) is 0 Å². The van der Waals surface area contributed by atoms with Gasteiger partial charge in [-0.1, -0.05) is 31.5 Å². The Hall–Kier alpha value is -1.77. The highest BCUT2D eigenvalue weighted by Gasteiger charge is 2.55. The molecule has 0 aliphatic heterocycles. The fourth-order valence-electron chi connectivity index (χ4n) is 4.10. The van der Waals surface area contributed by atoms with Crippen LogP contribution in [0.5, 0.6) is 0 Å². The number of anilines is 1. The Kier molecular flexibility index (Phi) is 2.62. The summed E-state index contributed by atoms with van der Waals surface area (Å²) < 4.78 is 1.93. The predicted molar refractivity (Wildman–Crippen MR) is 80.9 cm³/mol. The molecule has 1 aromatic heterocycles. The van der Waals surface area contributed by atoms with E-state index >= 15 is 0 Å². The summed E-state index contributed by atoms with van der Waals surface area (Å²) in [6, 6.07) is 10.2. The lowest BCUT2D eigenvalue weighted by Crippen LogP contribution is -2.02. The fourth-order valence-corrected chi connectivity index (χ4v) is 4.10. The zero-order valence-electron chi connectivity index (χ0n) is 11.9. The van der Waals surface area contributed by atoms with Gasteiger partial charge >= 0.3 is 0 Å². The summed E-state index contributed by atoms with van der Waals surface area (Å²) in [5.74, 6) is 3.29. The van der Waals surface area contributed by atoms with Crippen molar-refractivity contribution in [2.75, 3.05) is 5.73 Å². The minimum atomic E-state index is 0.686.